The van der Waals surface area contributed by atoms with E-state index in [2.05, 4.69) is 4.72 Å². The molecule has 0 aliphatic carbocycles. The van der Waals surface area contributed by atoms with Crippen LogP contribution >= 0.6 is 11.3 Å². The Morgan fingerprint density at radius 3 is 2.68 bits per heavy atom. The molecule has 0 unspecified atom stereocenters. The van der Waals surface area contributed by atoms with Crippen molar-refractivity contribution >= 4 is 33.2 Å². The second-order valence-corrected chi connectivity index (χ2v) is 7.73. The molecule has 2 heterocycles. The van der Waals surface area contributed by atoms with Gasteiger partial charge in [0.15, 0.2) is 0 Å². The molecule has 7 nitrogen and oxygen atoms in total. The minimum absolute atomic E-state index is 0.0480. The highest BCUT2D eigenvalue weighted by Gasteiger charge is 2.22. The molecule has 2 aromatic heterocycles. The molecule has 1 aromatic carbocycles. The molecule has 0 amide bonds. The van der Waals surface area contributed by atoms with Gasteiger partial charge in [-0.2, -0.15) is 0 Å². The standard InChI is InChI=1S/C16H13NO6S2/c1-10-4-2-3-5-14(10)25(20,21)17-12-8-13(11-6-7-22-9-11)24-15(12)23-16(18)19/h2-9,17H,1H3,(H,18,19). The number of aryl methyl sites for hydroxylation is 1. The normalized spacial score (nSPS) is 11.2. The topological polar surface area (TPSA) is 106 Å². The number of sulfonamides is 1. The summed E-state index contributed by atoms with van der Waals surface area (Å²) in [6.07, 6.45) is 1.40. The number of hydrogen-bond donors (Lipinski definition) is 2. The Balaban J connectivity index is 2.01. The first-order valence-corrected chi connectivity index (χ1v) is 9.32. The van der Waals surface area contributed by atoms with Crippen molar-refractivity contribution in [3.8, 4) is 15.5 Å². The zero-order chi connectivity index (χ0) is 18.0. The number of rotatable bonds is 5. The average molecular weight is 379 g/mol. The van der Waals surface area contributed by atoms with Gasteiger partial charge in [-0.1, -0.05) is 29.5 Å². The number of thiophene rings is 1. The van der Waals surface area contributed by atoms with Crippen molar-refractivity contribution in [2.24, 2.45) is 0 Å². The van der Waals surface area contributed by atoms with Gasteiger partial charge in [0.1, 0.15) is 5.69 Å². The molecule has 0 fully saturated rings. The Labute approximate surface area is 147 Å². The van der Waals surface area contributed by atoms with E-state index in [0.717, 1.165) is 11.3 Å². The Bertz CT molecular complexity index is 1010. The summed E-state index contributed by atoms with van der Waals surface area (Å²) in [6.45, 7) is 1.67. The van der Waals surface area contributed by atoms with Gasteiger partial charge >= 0.3 is 6.16 Å². The van der Waals surface area contributed by atoms with Crippen LogP contribution in [0.5, 0.6) is 5.06 Å². The molecule has 0 atom stereocenters. The van der Waals surface area contributed by atoms with Crippen molar-refractivity contribution in [1.82, 2.24) is 0 Å². The summed E-state index contributed by atoms with van der Waals surface area (Å²) in [5.41, 5.74) is 1.30. The summed E-state index contributed by atoms with van der Waals surface area (Å²) in [7, 11) is -3.90. The maximum Gasteiger partial charge on any atom is 0.512 e. The Morgan fingerprint density at radius 2 is 2.04 bits per heavy atom. The van der Waals surface area contributed by atoms with Crippen molar-refractivity contribution in [1.29, 1.82) is 0 Å². The van der Waals surface area contributed by atoms with Crippen molar-refractivity contribution in [3.63, 3.8) is 0 Å². The summed E-state index contributed by atoms with van der Waals surface area (Å²) < 4.78 is 37.4. The SMILES string of the molecule is Cc1ccccc1S(=O)(=O)Nc1cc(-c2ccoc2)sc1OC(=O)O. The van der Waals surface area contributed by atoms with Crippen LogP contribution in [0.4, 0.5) is 10.5 Å². The first-order chi connectivity index (χ1) is 11.9. The smallest absolute Gasteiger partial charge is 0.472 e. The van der Waals surface area contributed by atoms with Gasteiger partial charge in [0.2, 0.25) is 5.06 Å². The molecule has 25 heavy (non-hydrogen) atoms. The third-order valence-corrected chi connectivity index (χ3v) is 5.90. The number of benzene rings is 1. The molecular formula is C16H13NO6S2. The van der Waals surface area contributed by atoms with E-state index in [1.54, 1.807) is 31.2 Å². The summed E-state index contributed by atoms with van der Waals surface area (Å²) in [5.74, 6) is 0. The van der Waals surface area contributed by atoms with Crippen LogP contribution in [0.2, 0.25) is 0 Å². The molecule has 0 saturated carbocycles. The molecule has 0 aliphatic heterocycles. The number of hydrogen-bond acceptors (Lipinski definition) is 6. The van der Waals surface area contributed by atoms with Crippen molar-refractivity contribution in [3.05, 3.63) is 54.5 Å². The van der Waals surface area contributed by atoms with E-state index in [9.17, 15) is 13.2 Å². The molecule has 0 aliphatic rings. The van der Waals surface area contributed by atoms with E-state index in [1.165, 1.54) is 24.7 Å². The van der Waals surface area contributed by atoms with E-state index in [0.29, 0.717) is 16.0 Å². The van der Waals surface area contributed by atoms with E-state index in [4.69, 9.17) is 14.3 Å². The van der Waals surface area contributed by atoms with Crippen LogP contribution in [0.1, 0.15) is 5.56 Å². The minimum atomic E-state index is -3.90. The van der Waals surface area contributed by atoms with Crippen molar-refractivity contribution < 1.29 is 27.5 Å². The third kappa shape index (κ3) is 3.67. The number of anilines is 1. The van der Waals surface area contributed by atoms with E-state index in [1.807, 2.05) is 0 Å². The van der Waals surface area contributed by atoms with Crippen molar-refractivity contribution in [2.75, 3.05) is 4.72 Å². The summed E-state index contributed by atoms with van der Waals surface area (Å²) in [6, 6.07) is 9.67. The second-order valence-electron chi connectivity index (χ2n) is 5.06. The molecule has 3 aromatic rings. The first-order valence-electron chi connectivity index (χ1n) is 7.02. The van der Waals surface area contributed by atoms with E-state index >= 15 is 0 Å². The van der Waals surface area contributed by atoms with Gasteiger partial charge in [-0.3, -0.25) is 4.72 Å². The average Bonchev–Trinajstić information content (AvgIpc) is 3.17. The predicted octanol–water partition coefficient (Wildman–Crippen LogP) is 4.17. The lowest BCUT2D eigenvalue weighted by atomic mass is 10.2. The number of ether oxygens (including phenoxy) is 1. The summed E-state index contributed by atoms with van der Waals surface area (Å²) in [5, 5.41) is 8.81. The summed E-state index contributed by atoms with van der Waals surface area (Å²) >= 11 is 0.996. The Hall–Kier alpha value is -2.78. The van der Waals surface area contributed by atoms with Gasteiger partial charge in [0.05, 0.1) is 17.4 Å². The Kier molecular flexibility index (Phi) is 4.51. The molecule has 2 N–H and O–H groups in total. The number of furan rings is 1. The van der Waals surface area contributed by atoms with E-state index in [-0.39, 0.29) is 15.6 Å². The van der Waals surface area contributed by atoms with Crippen LogP contribution in [-0.2, 0) is 10.0 Å². The number of carbonyl (C=O) groups is 1. The molecule has 0 saturated heterocycles. The molecule has 130 valence electrons. The molecular weight excluding hydrogens is 366 g/mol. The monoisotopic (exact) mass is 379 g/mol. The zero-order valence-electron chi connectivity index (χ0n) is 12.9. The minimum Gasteiger partial charge on any atom is -0.472 e. The third-order valence-electron chi connectivity index (χ3n) is 3.31. The maximum atomic E-state index is 12.6. The molecule has 9 heteroatoms. The highest BCUT2D eigenvalue weighted by Crippen LogP contribution is 2.42. The number of carboxylic acid groups (broad SMARTS) is 1. The molecule has 0 spiro atoms. The lowest BCUT2D eigenvalue weighted by molar-refractivity contribution is 0.146. The van der Waals surface area contributed by atoms with Gasteiger partial charge in [-0.25, -0.2) is 13.2 Å². The van der Waals surface area contributed by atoms with Gasteiger partial charge < -0.3 is 14.3 Å². The quantitative estimate of drug-likeness (QED) is 0.644. The highest BCUT2D eigenvalue weighted by atomic mass is 32.2. The highest BCUT2D eigenvalue weighted by molar-refractivity contribution is 7.92. The van der Waals surface area contributed by atoms with Crippen LogP contribution in [-0.4, -0.2) is 19.7 Å². The number of nitrogens with one attached hydrogen (secondary N) is 1. The van der Waals surface area contributed by atoms with Gasteiger partial charge in [0, 0.05) is 10.4 Å². The second kappa shape index (κ2) is 6.61. The summed E-state index contributed by atoms with van der Waals surface area (Å²) in [4.78, 5) is 11.6. The van der Waals surface area contributed by atoms with E-state index < -0.39 is 16.2 Å². The Morgan fingerprint density at radius 1 is 1.28 bits per heavy atom. The first kappa shape index (κ1) is 17.1. The predicted molar refractivity (Wildman–Crippen MR) is 92.7 cm³/mol. The fourth-order valence-electron chi connectivity index (χ4n) is 2.21. The van der Waals surface area contributed by atoms with Crippen LogP contribution in [0.3, 0.4) is 0 Å². The fraction of sp³-hybridized carbons (Fsp3) is 0.0625. The van der Waals surface area contributed by atoms with Crippen LogP contribution in [0, 0.1) is 6.92 Å². The lowest BCUT2D eigenvalue weighted by Crippen LogP contribution is -2.15. The van der Waals surface area contributed by atoms with Crippen LogP contribution < -0.4 is 9.46 Å². The van der Waals surface area contributed by atoms with Gasteiger partial charge in [-0.05, 0) is 30.7 Å². The fourth-order valence-corrected chi connectivity index (χ4v) is 4.51. The molecule has 0 bridgehead atoms. The molecule has 3 rings (SSSR count). The maximum absolute atomic E-state index is 12.6. The van der Waals surface area contributed by atoms with Gasteiger partial charge in [-0.15, -0.1) is 0 Å². The zero-order valence-corrected chi connectivity index (χ0v) is 14.6. The van der Waals surface area contributed by atoms with Crippen molar-refractivity contribution in [2.45, 2.75) is 11.8 Å². The lowest BCUT2D eigenvalue weighted by Gasteiger charge is -2.10. The largest absolute Gasteiger partial charge is 0.512 e. The van der Waals surface area contributed by atoms with Gasteiger partial charge in [0.25, 0.3) is 10.0 Å². The van der Waals surface area contributed by atoms with Crippen LogP contribution in [0.25, 0.3) is 10.4 Å². The molecule has 0 radical (unpaired) electrons. The van der Waals surface area contributed by atoms with Crippen LogP contribution in [0.15, 0.2) is 58.2 Å².